The molecule has 1 saturated heterocycles. The third-order valence-corrected chi connectivity index (χ3v) is 8.30. The fourth-order valence-electron chi connectivity index (χ4n) is 6.96. The number of carboxylic acid groups (broad SMARTS) is 1. The van der Waals surface area contributed by atoms with Crippen LogP contribution in [0.5, 0.6) is 5.75 Å². The lowest BCUT2D eigenvalue weighted by molar-refractivity contribution is -0.192. The van der Waals surface area contributed by atoms with Gasteiger partial charge in [-0.3, -0.25) is 9.59 Å². The van der Waals surface area contributed by atoms with Gasteiger partial charge in [-0.2, -0.15) is 13.2 Å². The van der Waals surface area contributed by atoms with Crippen molar-refractivity contribution in [2.45, 2.75) is 75.7 Å². The fraction of sp³-hybridized carbons (Fsp3) is 0.654. The van der Waals surface area contributed by atoms with E-state index in [1.54, 1.807) is 23.1 Å². The van der Waals surface area contributed by atoms with Gasteiger partial charge in [0.1, 0.15) is 11.8 Å². The topological polar surface area (TPSA) is 133 Å². The molecule has 1 aromatic carbocycles. The number of halogens is 3. The summed E-state index contributed by atoms with van der Waals surface area (Å²) >= 11 is 0. The van der Waals surface area contributed by atoms with Crippen molar-refractivity contribution in [1.29, 1.82) is 0 Å². The van der Waals surface area contributed by atoms with Crippen molar-refractivity contribution in [1.82, 2.24) is 10.2 Å². The molecule has 0 radical (unpaired) electrons. The SMILES string of the molecule is N[C@@H](Cc1cccc(O)c1)C(=O)N1CCC[C@@H]1C(=O)NC1C2CC3CC(C2)CC1C3.O=C(O)C(F)(F)F. The van der Waals surface area contributed by atoms with E-state index in [9.17, 15) is 27.9 Å². The van der Waals surface area contributed by atoms with Crippen LogP contribution in [-0.2, 0) is 20.8 Å². The number of aromatic hydroxyl groups is 1. The van der Waals surface area contributed by atoms with Gasteiger partial charge in [0.2, 0.25) is 11.8 Å². The van der Waals surface area contributed by atoms with Crippen LogP contribution in [0.2, 0.25) is 0 Å². The molecule has 4 aliphatic carbocycles. The molecule has 5 N–H and O–H groups in total. The Bertz CT molecular complexity index is 989. The number of phenolic OH excluding ortho intramolecular Hbond substituents is 1. The van der Waals surface area contributed by atoms with Crippen LogP contribution in [-0.4, -0.2) is 63.7 Å². The van der Waals surface area contributed by atoms with Crippen LogP contribution < -0.4 is 11.1 Å². The number of likely N-dealkylation sites (tertiary alicyclic amines) is 1. The highest BCUT2D eigenvalue weighted by atomic mass is 19.4. The number of carboxylic acids is 1. The molecule has 6 rings (SSSR count). The Morgan fingerprint density at radius 2 is 1.68 bits per heavy atom. The number of carbonyl (C=O) groups excluding carboxylic acids is 2. The molecule has 8 nitrogen and oxygen atoms in total. The van der Waals surface area contributed by atoms with Crippen molar-refractivity contribution in [2.24, 2.45) is 29.4 Å². The third-order valence-electron chi connectivity index (χ3n) is 8.30. The number of nitrogens with one attached hydrogen (secondary N) is 1. The van der Waals surface area contributed by atoms with E-state index in [0.29, 0.717) is 37.3 Å². The Balaban J connectivity index is 0.000000405. The van der Waals surface area contributed by atoms with Gasteiger partial charge >= 0.3 is 12.1 Å². The standard InChI is InChI=1S/C24H33N3O3.C2HF3O2/c25-20(13-14-3-1-4-19(28)12-14)24(30)27-6-2-5-21(27)23(29)26-22-17-8-15-7-16(10-17)11-18(22)9-15;3-2(4,5)1(6)7/h1,3-4,12,15-18,20-22,28H,2,5-11,13,25H2,(H,26,29);(H,6,7)/t15?,16?,17?,18?,20-,21+,22?;/m0./s1. The second-order valence-electron chi connectivity index (χ2n) is 10.9. The summed E-state index contributed by atoms with van der Waals surface area (Å²) in [5, 5.41) is 20.1. The minimum Gasteiger partial charge on any atom is -0.508 e. The largest absolute Gasteiger partial charge is 0.508 e. The maximum atomic E-state index is 13.2. The molecule has 11 heteroatoms. The molecule has 0 aromatic heterocycles. The van der Waals surface area contributed by atoms with Crippen molar-refractivity contribution in [3.8, 4) is 5.75 Å². The molecule has 0 unspecified atom stereocenters. The number of benzene rings is 1. The minimum absolute atomic E-state index is 0.0166. The predicted octanol–water partition coefficient (Wildman–Crippen LogP) is 2.83. The predicted molar refractivity (Wildman–Crippen MR) is 127 cm³/mol. The number of amides is 2. The lowest BCUT2D eigenvalue weighted by Crippen LogP contribution is -2.59. The molecule has 204 valence electrons. The summed E-state index contributed by atoms with van der Waals surface area (Å²) in [6.07, 6.45) is 3.28. The van der Waals surface area contributed by atoms with E-state index in [1.165, 1.54) is 32.1 Å². The zero-order valence-electron chi connectivity index (χ0n) is 20.5. The first-order chi connectivity index (χ1) is 17.4. The van der Waals surface area contributed by atoms with Crippen LogP contribution in [0.3, 0.4) is 0 Å². The smallest absolute Gasteiger partial charge is 0.490 e. The van der Waals surface area contributed by atoms with E-state index in [0.717, 1.165) is 23.8 Å². The number of phenols is 1. The molecule has 0 spiro atoms. The number of aliphatic carboxylic acids is 1. The molecule has 4 bridgehead atoms. The summed E-state index contributed by atoms with van der Waals surface area (Å²) in [7, 11) is 0. The van der Waals surface area contributed by atoms with E-state index in [-0.39, 0.29) is 17.6 Å². The van der Waals surface area contributed by atoms with Crippen molar-refractivity contribution in [3.05, 3.63) is 29.8 Å². The monoisotopic (exact) mass is 525 g/mol. The summed E-state index contributed by atoms with van der Waals surface area (Å²) in [4.78, 5) is 36.8. The Labute approximate surface area is 213 Å². The summed E-state index contributed by atoms with van der Waals surface area (Å²) in [6.45, 7) is 0.590. The number of hydrogen-bond donors (Lipinski definition) is 4. The van der Waals surface area contributed by atoms with Crippen LogP contribution in [0.15, 0.2) is 24.3 Å². The third kappa shape index (κ3) is 6.37. The average molecular weight is 526 g/mol. The Morgan fingerprint density at radius 3 is 2.22 bits per heavy atom. The molecule has 1 heterocycles. The van der Waals surface area contributed by atoms with Gasteiger partial charge in [-0.25, -0.2) is 4.79 Å². The Kier molecular flexibility index (Phi) is 8.01. The van der Waals surface area contributed by atoms with Crippen LogP contribution >= 0.6 is 0 Å². The Hall–Kier alpha value is -2.82. The maximum absolute atomic E-state index is 13.2. The molecule has 2 amide bonds. The zero-order chi connectivity index (χ0) is 26.9. The van der Waals surface area contributed by atoms with Gasteiger partial charge in [0, 0.05) is 12.6 Å². The van der Waals surface area contributed by atoms with Crippen LogP contribution in [0.25, 0.3) is 0 Å². The molecule has 5 fully saturated rings. The first kappa shape index (κ1) is 27.2. The number of carbonyl (C=O) groups is 3. The van der Waals surface area contributed by atoms with E-state index < -0.39 is 24.2 Å². The fourth-order valence-corrected chi connectivity index (χ4v) is 6.96. The summed E-state index contributed by atoms with van der Waals surface area (Å²) in [5.41, 5.74) is 7.04. The van der Waals surface area contributed by atoms with Crippen LogP contribution in [0.4, 0.5) is 13.2 Å². The molecule has 1 aliphatic heterocycles. The Morgan fingerprint density at radius 1 is 1.08 bits per heavy atom. The van der Waals surface area contributed by atoms with E-state index >= 15 is 0 Å². The average Bonchev–Trinajstić information content (AvgIpc) is 3.30. The quantitative estimate of drug-likeness (QED) is 0.467. The van der Waals surface area contributed by atoms with Gasteiger partial charge < -0.3 is 26.2 Å². The highest BCUT2D eigenvalue weighted by Crippen LogP contribution is 2.53. The number of hydrogen-bond acceptors (Lipinski definition) is 5. The summed E-state index contributed by atoms with van der Waals surface area (Å²) < 4.78 is 31.7. The molecule has 2 atom stereocenters. The number of nitrogens with two attached hydrogens (primary N) is 1. The highest BCUT2D eigenvalue weighted by Gasteiger charge is 2.49. The molecular formula is C26H34F3N3O5. The van der Waals surface area contributed by atoms with Gasteiger partial charge in [0.15, 0.2) is 0 Å². The maximum Gasteiger partial charge on any atom is 0.490 e. The number of rotatable bonds is 5. The van der Waals surface area contributed by atoms with Gasteiger partial charge in [-0.05, 0) is 92.7 Å². The number of nitrogens with zero attached hydrogens (tertiary/aromatic N) is 1. The van der Waals surface area contributed by atoms with E-state index in [1.807, 2.05) is 6.07 Å². The molecule has 1 aromatic rings. The summed E-state index contributed by atoms with van der Waals surface area (Å²) in [5.74, 6) is 0.270. The molecule has 5 aliphatic rings. The lowest BCUT2D eigenvalue weighted by atomic mass is 9.54. The zero-order valence-corrected chi connectivity index (χ0v) is 20.5. The minimum atomic E-state index is -5.08. The van der Waals surface area contributed by atoms with E-state index in [2.05, 4.69) is 5.32 Å². The second kappa shape index (κ2) is 10.9. The first-order valence-electron chi connectivity index (χ1n) is 12.9. The van der Waals surface area contributed by atoms with Crippen molar-refractivity contribution in [3.63, 3.8) is 0 Å². The molecule has 4 saturated carbocycles. The lowest BCUT2D eigenvalue weighted by Gasteiger charge is -2.54. The van der Waals surface area contributed by atoms with Gasteiger partial charge in [-0.1, -0.05) is 12.1 Å². The normalized spacial score (nSPS) is 30.9. The van der Waals surface area contributed by atoms with Crippen LogP contribution in [0, 0.1) is 23.7 Å². The summed E-state index contributed by atoms with van der Waals surface area (Å²) in [6, 6.07) is 6.03. The number of alkyl halides is 3. The molecular weight excluding hydrogens is 491 g/mol. The van der Waals surface area contributed by atoms with E-state index in [4.69, 9.17) is 15.6 Å². The van der Waals surface area contributed by atoms with Crippen molar-refractivity contribution < 1.29 is 37.8 Å². The van der Waals surface area contributed by atoms with Gasteiger partial charge in [0.25, 0.3) is 0 Å². The van der Waals surface area contributed by atoms with Gasteiger partial charge in [0.05, 0.1) is 6.04 Å². The van der Waals surface area contributed by atoms with Crippen molar-refractivity contribution >= 4 is 17.8 Å². The van der Waals surface area contributed by atoms with Gasteiger partial charge in [-0.15, -0.1) is 0 Å². The second-order valence-corrected chi connectivity index (χ2v) is 10.9. The highest BCUT2D eigenvalue weighted by molar-refractivity contribution is 5.90. The first-order valence-corrected chi connectivity index (χ1v) is 12.9. The van der Waals surface area contributed by atoms with Crippen LogP contribution in [0.1, 0.15) is 50.5 Å². The molecule has 37 heavy (non-hydrogen) atoms. The van der Waals surface area contributed by atoms with Crippen molar-refractivity contribution in [2.75, 3.05) is 6.54 Å².